The van der Waals surface area contributed by atoms with Crippen LogP contribution in [-0.2, 0) is 20.7 Å². The Morgan fingerprint density at radius 1 is 1.00 bits per heavy atom. The van der Waals surface area contributed by atoms with Crippen molar-refractivity contribution in [2.45, 2.75) is 92.2 Å². The van der Waals surface area contributed by atoms with Gasteiger partial charge in [-0.25, -0.2) is 4.79 Å². The Hall–Kier alpha value is -1.88. The van der Waals surface area contributed by atoms with Crippen LogP contribution in [0.4, 0.5) is 0 Å². The summed E-state index contributed by atoms with van der Waals surface area (Å²) in [5.74, 6) is 1.27. The lowest BCUT2D eigenvalue weighted by Gasteiger charge is -2.32. The van der Waals surface area contributed by atoms with Crippen LogP contribution >= 0.6 is 0 Å². The molecule has 0 spiro atoms. The van der Waals surface area contributed by atoms with Gasteiger partial charge in [-0.1, -0.05) is 78.3 Å². The predicted molar refractivity (Wildman–Crippen MR) is 139 cm³/mol. The van der Waals surface area contributed by atoms with Crippen LogP contribution in [0, 0.1) is 35.5 Å². The third-order valence-corrected chi connectivity index (χ3v) is 7.68. The zero-order valence-electron chi connectivity index (χ0n) is 22.3. The van der Waals surface area contributed by atoms with Gasteiger partial charge >= 0.3 is 5.97 Å². The summed E-state index contributed by atoms with van der Waals surface area (Å²) in [4.78, 5) is 26.7. The maximum atomic E-state index is 13.5. The molecule has 8 atom stereocenters. The van der Waals surface area contributed by atoms with Gasteiger partial charge in [0, 0.05) is 12.3 Å². The Morgan fingerprint density at radius 3 is 2.26 bits per heavy atom. The molecule has 0 radical (unpaired) electrons. The summed E-state index contributed by atoms with van der Waals surface area (Å²) in [5, 5.41) is 3.04. The lowest BCUT2D eigenvalue weighted by Crippen LogP contribution is -2.47. The van der Waals surface area contributed by atoms with E-state index in [0.29, 0.717) is 30.7 Å². The highest BCUT2D eigenvalue weighted by Crippen LogP contribution is 2.31. The molecule has 3 N–H and O–H groups in total. The lowest BCUT2D eigenvalue weighted by molar-refractivity contribution is -0.159. The molecule has 0 aromatic heterocycles. The molecule has 0 bridgehead atoms. The van der Waals surface area contributed by atoms with Gasteiger partial charge in [-0.05, 0) is 67.4 Å². The van der Waals surface area contributed by atoms with Crippen molar-refractivity contribution >= 4 is 11.9 Å². The second kappa shape index (κ2) is 13.9. The molecular formula is C29H48N2O3. The summed E-state index contributed by atoms with van der Waals surface area (Å²) in [7, 11) is 0. The number of carbonyl (C=O) groups is 2. The molecule has 1 aromatic rings. The van der Waals surface area contributed by atoms with E-state index in [1.54, 1.807) is 0 Å². The Balaban J connectivity index is 2.35. The number of amides is 1. The minimum absolute atomic E-state index is 0.0969. The van der Waals surface area contributed by atoms with Crippen molar-refractivity contribution in [1.82, 2.24) is 5.32 Å². The highest BCUT2D eigenvalue weighted by molar-refractivity contribution is 5.86. The number of hydrogen-bond donors (Lipinski definition) is 2. The summed E-state index contributed by atoms with van der Waals surface area (Å²) < 4.78 is 6.20. The number of cyclic esters (lactones) is 1. The fourth-order valence-electron chi connectivity index (χ4n) is 5.71. The van der Waals surface area contributed by atoms with Crippen molar-refractivity contribution < 1.29 is 14.3 Å². The van der Waals surface area contributed by atoms with Crippen molar-refractivity contribution in [3.63, 3.8) is 0 Å². The van der Waals surface area contributed by atoms with Crippen LogP contribution in [-0.4, -0.2) is 30.6 Å². The molecule has 0 aliphatic carbocycles. The van der Waals surface area contributed by atoms with Crippen molar-refractivity contribution in [1.29, 1.82) is 0 Å². The summed E-state index contributed by atoms with van der Waals surface area (Å²) in [5.41, 5.74) is 7.11. The monoisotopic (exact) mass is 472 g/mol. The number of esters is 1. The minimum Gasteiger partial charge on any atom is -0.460 e. The van der Waals surface area contributed by atoms with Crippen LogP contribution in [0.5, 0.6) is 0 Å². The standard InChI is InChI=1S/C29H48N2O3/c1-7-21(4)27-22(5)14-19(2)13-20(3)15-25(18-30)16-23(6)28(32)31-26(29(33)34-27)17-24-11-9-8-10-12-24/h8-12,19-23,25-27H,7,13-18,30H2,1-6H3,(H,31,32). The van der Waals surface area contributed by atoms with Gasteiger partial charge in [0.15, 0.2) is 0 Å². The van der Waals surface area contributed by atoms with Gasteiger partial charge in [-0.2, -0.15) is 0 Å². The number of rotatable bonds is 5. The molecule has 0 saturated carbocycles. The first-order chi connectivity index (χ1) is 16.1. The second-order valence-corrected chi connectivity index (χ2v) is 11.2. The number of carbonyl (C=O) groups excluding carboxylic acids is 2. The van der Waals surface area contributed by atoms with Crippen LogP contribution in [0.25, 0.3) is 0 Å². The van der Waals surface area contributed by atoms with Crippen molar-refractivity contribution in [3.05, 3.63) is 35.9 Å². The molecule has 1 aliphatic rings. The van der Waals surface area contributed by atoms with E-state index in [2.05, 4.69) is 39.9 Å². The fourth-order valence-corrected chi connectivity index (χ4v) is 5.71. The summed E-state index contributed by atoms with van der Waals surface area (Å²) >= 11 is 0. The minimum atomic E-state index is -0.700. The summed E-state index contributed by atoms with van der Waals surface area (Å²) in [6.45, 7) is 13.6. The topological polar surface area (TPSA) is 81.4 Å². The molecule has 1 aliphatic heterocycles. The van der Waals surface area contributed by atoms with Crippen LogP contribution in [0.2, 0.25) is 0 Å². The Bertz CT molecular complexity index is 753. The fraction of sp³-hybridized carbons (Fsp3) is 0.724. The first-order valence-corrected chi connectivity index (χ1v) is 13.4. The van der Waals surface area contributed by atoms with Crippen molar-refractivity contribution in [2.24, 2.45) is 41.2 Å². The normalized spacial score (nSPS) is 33.2. The number of benzene rings is 1. The lowest BCUT2D eigenvalue weighted by atomic mass is 9.80. The van der Waals surface area contributed by atoms with Crippen LogP contribution in [0.1, 0.15) is 79.2 Å². The van der Waals surface area contributed by atoms with Gasteiger partial charge < -0.3 is 15.8 Å². The van der Waals surface area contributed by atoms with Crippen LogP contribution in [0.15, 0.2) is 30.3 Å². The summed E-state index contributed by atoms with van der Waals surface area (Å²) in [6.07, 6.45) is 5.12. The van der Waals surface area contributed by atoms with E-state index < -0.39 is 6.04 Å². The number of hydrogen-bond acceptors (Lipinski definition) is 4. The summed E-state index contributed by atoms with van der Waals surface area (Å²) in [6, 6.07) is 9.14. The predicted octanol–water partition coefficient (Wildman–Crippen LogP) is 5.37. The zero-order chi connectivity index (χ0) is 25.3. The van der Waals surface area contributed by atoms with Gasteiger partial charge in [0.1, 0.15) is 12.1 Å². The molecule has 2 rings (SSSR count). The van der Waals surface area contributed by atoms with Gasteiger partial charge in [-0.15, -0.1) is 0 Å². The molecule has 34 heavy (non-hydrogen) atoms. The average Bonchev–Trinajstić information content (AvgIpc) is 2.80. The zero-order valence-corrected chi connectivity index (χ0v) is 22.3. The van der Waals surface area contributed by atoms with Crippen LogP contribution in [0.3, 0.4) is 0 Å². The molecule has 5 nitrogen and oxygen atoms in total. The van der Waals surface area contributed by atoms with E-state index in [9.17, 15) is 9.59 Å². The van der Waals surface area contributed by atoms with Gasteiger partial charge in [0.25, 0.3) is 0 Å². The van der Waals surface area contributed by atoms with E-state index in [1.165, 1.54) is 0 Å². The smallest absolute Gasteiger partial charge is 0.329 e. The van der Waals surface area contributed by atoms with Crippen molar-refractivity contribution in [2.75, 3.05) is 6.54 Å². The third-order valence-electron chi connectivity index (χ3n) is 7.68. The first kappa shape index (κ1) is 28.4. The van der Waals surface area contributed by atoms with Crippen molar-refractivity contribution in [3.8, 4) is 0 Å². The largest absolute Gasteiger partial charge is 0.460 e. The van der Waals surface area contributed by atoms with E-state index in [4.69, 9.17) is 10.5 Å². The Morgan fingerprint density at radius 2 is 1.65 bits per heavy atom. The van der Waals surface area contributed by atoms with E-state index in [-0.39, 0.29) is 35.7 Å². The Kier molecular flexibility index (Phi) is 11.6. The molecule has 5 heteroatoms. The van der Waals surface area contributed by atoms with Gasteiger partial charge in [-0.3, -0.25) is 4.79 Å². The second-order valence-electron chi connectivity index (χ2n) is 11.2. The van der Waals surface area contributed by atoms with Gasteiger partial charge in [0.05, 0.1) is 0 Å². The molecule has 1 heterocycles. The molecule has 1 aromatic carbocycles. The quantitative estimate of drug-likeness (QED) is 0.565. The maximum absolute atomic E-state index is 13.5. The molecule has 8 unspecified atom stereocenters. The highest BCUT2D eigenvalue weighted by Gasteiger charge is 2.33. The highest BCUT2D eigenvalue weighted by atomic mass is 16.5. The molecule has 1 saturated heterocycles. The molecule has 1 amide bonds. The van der Waals surface area contributed by atoms with Gasteiger partial charge in [0.2, 0.25) is 5.91 Å². The van der Waals surface area contributed by atoms with Crippen LogP contribution < -0.4 is 11.1 Å². The Labute approximate surface area is 207 Å². The number of nitrogens with two attached hydrogens (primary N) is 1. The number of nitrogens with one attached hydrogen (secondary N) is 1. The molecule has 1 fully saturated rings. The van der Waals surface area contributed by atoms with E-state index in [0.717, 1.165) is 37.7 Å². The first-order valence-electron chi connectivity index (χ1n) is 13.4. The van der Waals surface area contributed by atoms with E-state index in [1.807, 2.05) is 37.3 Å². The SMILES string of the molecule is CCC(C)C1OC(=O)C(Cc2ccccc2)NC(=O)C(C)CC(CN)CC(C)CC(C)CC1C. The molecular weight excluding hydrogens is 424 g/mol. The molecule has 192 valence electrons. The third kappa shape index (κ3) is 8.72. The average molecular weight is 473 g/mol. The number of ether oxygens (including phenoxy) is 1. The maximum Gasteiger partial charge on any atom is 0.329 e. The van der Waals surface area contributed by atoms with E-state index >= 15 is 0 Å².